The zero-order chi connectivity index (χ0) is 13.3. The second kappa shape index (κ2) is 4.78. The van der Waals surface area contributed by atoms with Crippen LogP contribution in [0.5, 0.6) is 5.75 Å². The molecule has 98 valence electrons. The Kier molecular flexibility index (Phi) is 3.49. The first kappa shape index (κ1) is 13.2. The van der Waals surface area contributed by atoms with E-state index in [1.165, 1.54) is 7.11 Å². The predicted molar refractivity (Wildman–Crippen MR) is 68.8 cm³/mol. The Labute approximate surface area is 110 Å². The van der Waals surface area contributed by atoms with Gasteiger partial charge in [-0.2, -0.15) is 0 Å². The number of halogens is 1. The Bertz CT molecular complexity index is 679. The van der Waals surface area contributed by atoms with E-state index in [1.807, 2.05) is 6.92 Å². The van der Waals surface area contributed by atoms with E-state index in [9.17, 15) is 8.42 Å². The van der Waals surface area contributed by atoms with Crippen molar-refractivity contribution < 1.29 is 13.2 Å². The third-order valence-electron chi connectivity index (χ3n) is 2.59. The Hall–Kier alpha value is -1.27. The highest BCUT2D eigenvalue weighted by atomic mass is 35.7. The third kappa shape index (κ3) is 2.30. The van der Waals surface area contributed by atoms with Crippen LogP contribution in [0.4, 0.5) is 0 Å². The summed E-state index contributed by atoms with van der Waals surface area (Å²) in [7, 11) is 3.05. The van der Waals surface area contributed by atoms with Crippen molar-refractivity contribution in [2.45, 2.75) is 24.8 Å². The highest BCUT2D eigenvalue weighted by Crippen LogP contribution is 2.25. The molecule has 0 saturated heterocycles. The smallest absolute Gasteiger partial charge is 0.280 e. The first-order valence-corrected chi connectivity index (χ1v) is 7.78. The van der Waals surface area contributed by atoms with Gasteiger partial charge in [-0.05, 0) is 12.5 Å². The average Bonchev–Trinajstić information content (AvgIpc) is 2.67. The first-order chi connectivity index (χ1) is 8.47. The number of nitrogens with zero attached hydrogens (tertiary/aromatic N) is 2. The summed E-state index contributed by atoms with van der Waals surface area (Å²) in [5.41, 5.74) is 0.438. The lowest BCUT2D eigenvalue weighted by atomic mass is 10.3. The molecule has 0 aliphatic rings. The van der Waals surface area contributed by atoms with E-state index in [-0.39, 0.29) is 5.03 Å². The minimum absolute atomic E-state index is 0.119. The van der Waals surface area contributed by atoms with Gasteiger partial charge in [-0.1, -0.05) is 6.92 Å². The molecule has 0 unspecified atom stereocenters. The minimum Gasteiger partial charge on any atom is -0.497 e. The SMILES string of the molecule is CCCc1nc(S(=O)(=O)Cl)c2cc(OC)ccn12. The standard InChI is InChI=1S/C11H13ClN2O3S/c1-3-4-10-13-11(18(12,15)16)9-7-8(17-2)5-6-14(9)10/h5-7H,3-4H2,1-2H3. The van der Waals surface area contributed by atoms with Gasteiger partial charge in [0.25, 0.3) is 9.05 Å². The van der Waals surface area contributed by atoms with Crippen molar-refractivity contribution in [3.63, 3.8) is 0 Å². The fraction of sp³-hybridized carbons (Fsp3) is 0.364. The van der Waals surface area contributed by atoms with Gasteiger partial charge in [0.1, 0.15) is 11.6 Å². The van der Waals surface area contributed by atoms with Gasteiger partial charge in [0, 0.05) is 29.4 Å². The maximum absolute atomic E-state index is 11.5. The van der Waals surface area contributed by atoms with Crippen LogP contribution in [0.15, 0.2) is 23.4 Å². The fourth-order valence-corrected chi connectivity index (χ4v) is 2.77. The van der Waals surface area contributed by atoms with Crippen LogP contribution in [-0.2, 0) is 15.5 Å². The zero-order valence-electron chi connectivity index (χ0n) is 10.1. The van der Waals surface area contributed by atoms with E-state index in [2.05, 4.69) is 4.98 Å². The monoisotopic (exact) mass is 288 g/mol. The number of methoxy groups -OCH3 is 1. The number of ether oxygens (including phenoxy) is 1. The van der Waals surface area contributed by atoms with E-state index in [4.69, 9.17) is 15.4 Å². The van der Waals surface area contributed by atoms with E-state index < -0.39 is 9.05 Å². The quantitative estimate of drug-likeness (QED) is 0.810. The van der Waals surface area contributed by atoms with Gasteiger partial charge in [-0.3, -0.25) is 0 Å². The van der Waals surface area contributed by atoms with Crippen LogP contribution in [0.1, 0.15) is 19.2 Å². The van der Waals surface area contributed by atoms with E-state index in [0.717, 1.165) is 6.42 Å². The summed E-state index contributed by atoms with van der Waals surface area (Å²) in [5, 5.41) is -0.119. The van der Waals surface area contributed by atoms with Crippen molar-refractivity contribution in [1.29, 1.82) is 0 Å². The Morgan fingerprint density at radius 2 is 2.22 bits per heavy atom. The molecular formula is C11H13ClN2O3S. The van der Waals surface area contributed by atoms with Crippen LogP contribution < -0.4 is 4.74 Å². The molecule has 2 rings (SSSR count). The number of imidazole rings is 1. The van der Waals surface area contributed by atoms with Crippen LogP contribution in [0.25, 0.3) is 5.52 Å². The first-order valence-electron chi connectivity index (χ1n) is 5.47. The number of pyridine rings is 1. The number of fused-ring (bicyclic) bond motifs is 1. The number of hydrogen-bond donors (Lipinski definition) is 0. The predicted octanol–water partition coefficient (Wildman–Crippen LogP) is 2.22. The Morgan fingerprint density at radius 1 is 1.50 bits per heavy atom. The van der Waals surface area contributed by atoms with Crippen molar-refractivity contribution in [2.24, 2.45) is 0 Å². The van der Waals surface area contributed by atoms with Crippen LogP contribution >= 0.6 is 10.7 Å². The lowest BCUT2D eigenvalue weighted by Gasteiger charge is -2.02. The van der Waals surface area contributed by atoms with Crippen molar-refractivity contribution in [2.75, 3.05) is 7.11 Å². The molecule has 2 aromatic rings. The van der Waals surface area contributed by atoms with Gasteiger partial charge in [-0.15, -0.1) is 0 Å². The van der Waals surface area contributed by atoms with Gasteiger partial charge in [0.05, 0.1) is 12.6 Å². The third-order valence-corrected chi connectivity index (χ3v) is 3.80. The van der Waals surface area contributed by atoms with Gasteiger partial charge in [0.2, 0.25) is 0 Å². The topological polar surface area (TPSA) is 60.7 Å². The molecule has 7 heteroatoms. The minimum atomic E-state index is -3.87. The highest BCUT2D eigenvalue weighted by molar-refractivity contribution is 8.13. The van der Waals surface area contributed by atoms with Crippen LogP contribution in [0.3, 0.4) is 0 Å². The number of aryl methyl sites for hydroxylation is 1. The number of aromatic nitrogens is 2. The van der Waals surface area contributed by atoms with Gasteiger partial charge < -0.3 is 9.14 Å². The molecule has 0 saturated carbocycles. The molecule has 0 aliphatic carbocycles. The van der Waals surface area contributed by atoms with Crippen molar-refractivity contribution in [3.05, 3.63) is 24.2 Å². The van der Waals surface area contributed by atoms with Crippen LogP contribution in [0.2, 0.25) is 0 Å². The fourth-order valence-electron chi connectivity index (χ4n) is 1.81. The molecule has 0 atom stereocenters. The molecule has 2 aromatic heterocycles. The van der Waals surface area contributed by atoms with Crippen molar-refractivity contribution in [1.82, 2.24) is 9.38 Å². The van der Waals surface area contributed by atoms with Gasteiger partial charge in [0.15, 0.2) is 5.03 Å². The molecule has 0 N–H and O–H groups in total. The van der Waals surface area contributed by atoms with E-state index in [1.54, 1.807) is 22.7 Å². The lowest BCUT2D eigenvalue weighted by molar-refractivity contribution is 0.414. The number of rotatable bonds is 4. The highest BCUT2D eigenvalue weighted by Gasteiger charge is 2.21. The maximum Gasteiger partial charge on any atom is 0.280 e. The molecule has 0 bridgehead atoms. The molecule has 0 spiro atoms. The summed E-state index contributed by atoms with van der Waals surface area (Å²) in [6, 6.07) is 3.36. The maximum atomic E-state index is 11.5. The zero-order valence-corrected chi connectivity index (χ0v) is 11.6. The molecule has 5 nitrogen and oxygen atoms in total. The Morgan fingerprint density at radius 3 is 2.78 bits per heavy atom. The second-order valence-corrected chi connectivity index (χ2v) is 6.32. The van der Waals surface area contributed by atoms with Gasteiger partial charge >= 0.3 is 0 Å². The molecule has 0 radical (unpaired) electrons. The molecule has 18 heavy (non-hydrogen) atoms. The summed E-state index contributed by atoms with van der Waals surface area (Å²) < 4.78 is 29.8. The molecule has 0 fully saturated rings. The van der Waals surface area contributed by atoms with Gasteiger partial charge in [-0.25, -0.2) is 13.4 Å². The molecule has 2 heterocycles. The average molecular weight is 289 g/mol. The van der Waals surface area contributed by atoms with Crippen molar-refractivity contribution >= 4 is 25.2 Å². The number of hydrogen-bond acceptors (Lipinski definition) is 4. The van der Waals surface area contributed by atoms with Crippen LogP contribution in [-0.4, -0.2) is 24.9 Å². The summed E-state index contributed by atoms with van der Waals surface area (Å²) in [4.78, 5) is 4.11. The summed E-state index contributed by atoms with van der Waals surface area (Å²) in [5.74, 6) is 1.24. The molecular weight excluding hydrogens is 276 g/mol. The largest absolute Gasteiger partial charge is 0.497 e. The van der Waals surface area contributed by atoms with E-state index in [0.29, 0.717) is 23.5 Å². The summed E-state index contributed by atoms with van der Waals surface area (Å²) in [6.07, 6.45) is 3.28. The normalized spacial score (nSPS) is 11.9. The van der Waals surface area contributed by atoms with Crippen LogP contribution in [0, 0.1) is 0 Å². The lowest BCUT2D eigenvalue weighted by Crippen LogP contribution is -1.94. The van der Waals surface area contributed by atoms with Crippen molar-refractivity contribution in [3.8, 4) is 5.75 Å². The Balaban J connectivity index is 2.77. The summed E-state index contributed by atoms with van der Waals surface area (Å²) >= 11 is 0. The van der Waals surface area contributed by atoms with E-state index >= 15 is 0 Å². The molecule has 0 amide bonds. The second-order valence-electron chi connectivity index (χ2n) is 3.84. The molecule has 0 aromatic carbocycles. The molecule has 0 aliphatic heterocycles. The summed E-state index contributed by atoms with van der Waals surface area (Å²) in [6.45, 7) is 2.00.